The van der Waals surface area contributed by atoms with Crippen molar-refractivity contribution in [3.63, 3.8) is 0 Å². The third-order valence-corrected chi connectivity index (χ3v) is 8.53. The van der Waals surface area contributed by atoms with Crippen LogP contribution in [0, 0.1) is 5.92 Å². The van der Waals surface area contributed by atoms with E-state index in [1.807, 2.05) is 32.0 Å². The van der Waals surface area contributed by atoms with Gasteiger partial charge >= 0.3 is 12.1 Å². The normalized spacial score (nSPS) is 15.4. The number of nitrogen functional groups attached to an aromatic ring is 1. The molecule has 226 valence electrons. The summed E-state index contributed by atoms with van der Waals surface area (Å²) in [7, 11) is 1.70. The van der Waals surface area contributed by atoms with Crippen LogP contribution in [0.25, 0.3) is 0 Å². The van der Waals surface area contributed by atoms with Crippen molar-refractivity contribution in [3.8, 4) is 0 Å². The molecule has 2 unspecified atom stereocenters. The molecule has 0 bridgehead atoms. The van der Waals surface area contributed by atoms with Crippen molar-refractivity contribution in [2.45, 2.75) is 70.6 Å². The van der Waals surface area contributed by atoms with Crippen molar-refractivity contribution in [2.75, 3.05) is 31.4 Å². The van der Waals surface area contributed by atoms with Gasteiger partial charge in [0.2, 0.25) is 5.91 Å². The Hall–Kier alpha value is -3.08. The second-order valence-electron chi connectivity index (χ2n) is 11.8. The molecule has 9 nitrogen and oxygen atoms in total. The Morgan fingerprint density at radius 2 is 1.71 bits per heavy atom. The molecule has 0 aromatic heterocycles. The van der Waals surface area contributed by atoms with Crippen LogP contribution in [0.4, 0.5) is 16.2 Å². The minimum atomic E-state index is -1.37. The van der Waals surface area contributed by atoms with Crippen molar-refractivity contribution >= 4 is 51.2 Å². The smallest absolute Gasteiger partial charge is 0.408 e. The molecule has 41 heavy (non-hydrogen) atoms. The van der Waals surface area contributed by atoms with E-state index in [2.05, 4.69) is 10.6 Å². The molecule has 0 saturated heterocycles. The number of halogens is 1. The molecule has 0 spiro atoms. The molecule has 0 heterocycles. The molecule has 0 aliphatic carbocycles. The molecule has 0 saturated carbocycles. The number of rotatable bonds is 11. The van der Waals surface area contributed by atoms with Crippen LogP contribution in [0.2, 0.25) is 5.02 Å². The van der Waals surface area contributed by atoms with Crippen molar-refractivity contribution in [3.05, 3.63) is 58.6 Å². The maximum Gasteiger partial charge on any atom is 0.408 e. The minimum absolute atomic E-state index is 0.0777. The maximum absolute atomic E-state index is 14.2. The highest BCUT2D eigenvalue weighted by Gasteiger charge is 2.46. The predicted molar refractivity (Wildman–Crippen MR) is 166 cm³/mol. The first kappa shape index (κ1) is 34.1. The van der Waals surface area contributed by atoms with Crippen LogP contribution in [0.15, 0.2) is 42.5 Å². The largest absolute Gasteiger partial charge is 0.465 e. The van der Waals surface area contributed by atoms with Gasteiger partial charge in [-0.15, -0.1) is 0 Å². The summed E-state index contributed by atoms with van der Waals surface area (Å²) in [5, 5.41) is 4.93. The number of hydrogen-bond donors (Lipinski definition) is 3. The van der Waals surface area contributed by atoms with Crippen LogP contribution in [0.5, 0.6) is 0 Å². The Kier molecular flexibility index (Phi) is 11.4. The molecule has 0 aliphatic heterocycles. The number of anilines is 2. The number of amides is 2. The fourth-order valence-electron chi connectivity index (χ4n) is 4.97. The minimum Gasteiger partial charge on any atom is -0.465 e. The van der Waals surface area contributed by atoms with Crippen LogP contribution >= 0.6 is 11.6 Å². The molecular formula is C30H44ClN3O6Si. The zero-order chi connectivity index (χ0) is 31.2. The van der Waals surface area contributed by atoms with Crippen LogP contribution in [-0.4, -0.2) is 59.3 Å². The van der Waals surface area contributed by atoms with Gasteiger partial charge in [0, 0.05) is 28.3 Å². The lowest BCUT2D eigenvalue weighted by atomic mass is 9.80. The topological polar surface area (TPSA) is 129 Å². The molecule has 0 fully saturated rings. The highest BCUT2D eigenvalue weighted by atomic mass is 35.5. The van der Waals surface area contributed by atoms with Gasteiger partial charge in [-0.1, -0.05) is 49.7 Å². The van der Waals surface area contributed by atoms with E-state index in [4.69, 9.17) is 31.5 Å². The Morgan fingerprint density at radius 3 is 2.22 bits per heavy atom. The monoisotopic (exact) mass is 605 g/mol. The number of ether oxygens (including phenoxy) is 3. The molecule has 0 radical (unpaired) electrons. The van der Waals surface area contributed by atoms with Gasteiger partial charge in [-0.25, -0.2) is 4.79 Å². The van der Waals surface area contributed by atoms with E-state index < -0.39 is 40.1 Å². The van der Waals surface area contributed by atoms with Gasteiger partial charge in [-0.2, -0.15) is 0 Å². The lowest BCUT2D eigenvalue weighted by Gasteiger charge is -2.40. The van der Waals surface area contributed by atoms with E-state index in [0.29, 0.717) is 16.3 Å². The second-order valence-corrected chi connectivity index (χ2v) is 13.8. The second kappa shape index (κ2) is 13.7. The number of carbonyl (C=O) groups excluding carboxylic acids is 3. The third kappa shape index (κ3) is 8.24. The van der Waals surface area contributed by atoms with Gasteiger partial charge in [-0.3, -0.25) is 9.59 Å². The quantitative estimate of drug-likeness (QED) is 0.197. The summed E-state index contributed by atoms with van der Waals surface area (Å²) in [6.07, 6.45) is -0.714. The van der Waals surface area contributed by atoms with Gasteiger partial charge in [-0.05, 0) is 69.9 Å². The third-order valence-electron chi connectivity index (χ3n) is 6.86. The van der Waals surface area contributed by atoms with Crippen molar-refractivity contribution in [2.24, 2.45) is 5.92 Å². The average Bonchev–Trinajstić information content (AvgIpc) is 2.85. The summed E-state index contributed by atoms with van der Waals surface area (Å²) < 4.78 is 16.1. The maximum atomic E-state index is 14.2. The fraction of sp³-hybridized carbons (Fsp3) is 0.500. The summed E-state index contributed by atoms with van der Waals surface area (Å²) in [6.45, 7) is 13.0. The summed E-state index contributed by atoms with van der Waals surface area (Å²) in [4.78, 5) is 40.0. The number of esters is 1. The van der Waals surface area contributed by atoms with Crippen LogP contribution in [-0.2, 0) is 29.2 Å². The highest BCUT2D eigenvalue weighted by Crippen LogP contribution is 2.39. The molecule has 0 aliphatic rings. The molecule has 4 N–H and O–H groups in total. The number of carbonyl (C=O) groups is 3. The molecule has 2 aromatic rings. The van der Waals surface area contributed by atoms with E-state index in [1.165, 1.54) is 7.11 Å². The van der Waals surface area contributed by atoms with Gasteiger partial charge < -0.3 is 30.6 Å². The Bertz CT molecular complexity index is 1250. The first-order chi connectivity index (χ1) is 19.0. The SMILES string of the molecule is CCOC(=O)C(C)(COC)c1ccc(NC(=O)C([SiH3])(NC(=O)OC(C)(C)C)[C@H](c2ccccc2Cl)C(C)C)c(N)c1. The standard InChI is InChI=1S/C30H44ClN3O6Si/c1-9-39-26(36)29(7,17-38-8)19-14-15-23(22(32)16-19)33-25(35)30(41,34-27(37)40-28(4,5)6)24(18(2)3)20-12-10-11-13-21(20)31/h10-16,18,24H,9,17,32H2,1-8,41H3,(H,33,35)(H,34,37)/t24-,29?,30?/m0/s1. The first-order valence-electron chi connectivity index (χ1n) is 13.6. The Labute approximate surface area is 251 Å². The summed E-state index contributed by atoms with van der Waals surface area (Å²) >= 11 is 6.61. The molecule has 11 heteroatoms. The zero-order valence-electron chi connectivity index (χ0n) is 25.5. The lowest BCUT2D eigenvalue weighted by molar-refractivity contribution is -0.151. The number of nitrogens with two attached hydrogens (primary N) is 1. The fourth-order valence-corrected chi connectivity index (χ4v) is 6.53. The van der Waals surface area contributed by atoms with Crippen molar-refractivity contribution < 1.29 is 28.6 Å². The molecule has 3 atom stereocenters. The lowest BCUT2D eigenvalue weighted by Crippen LogP contribution is -2.62. The molecule has 2 aromatic carbocycles. The van der Waals surface area contributed by atoms with E-state index in [1.54, 1.807) is 58.9 Å². The Balaban J connectivity index is 2.56. The number of hydrogen-bond acceptors (Lipinski definition) is 7. The Morgan fingerprint density at radius 1 is 1.07 bits per heavy atom. The van der Waals surface area contributed by atoms with E-state index in [0.717, 1.165) is 5.56 Å². The van der Waals surface area contributed by atoms with Crippen LogP contribution < -0.4 is 16.4 Å². The number of alkyl carbamates (subject to hydrolysis) is 1. The highest BCUT2D eigenvalue weighted by molar-refractivity contribution is 6.34. The zero-order valence-corrected chi connectivity index (χ0v) is 28.3. The van der Waals surface area contributed by atoms with Gasteiger partial charge in [0.15, 0.2) is 0 Å². The average molecular weight is 606 g/mol. The summed E-state index contributed by atoms with van der Waals surface area (Å²) in [5.41, 5.74) is 6.41. The van der Waals surface area contributed by atoms with Crippen molar-refractivity contribution in [1.82, 2.24) is 5.32 Å². The van der Waals surface area contributed by atoms with Crippen molar-refractivity contribution in [1.29, 1.82) is 0 Å². The van der Waals surface area contributed by atoms with Crippen LogP contribution in [0.3, 0.4) is 0 Å². The summed E-state index contributed by atoms with van der Waals surface area (Å²) in [6, 6.07) is 12.2. The predicted octanol–water partition coefficient (Wildman–Crippen LogP) is 4.35. The molecular weight excluding hydrogens is 562 g/mol. The van der Waals surface area contributed by atoms with E-state index in [-0.39, 0.29) is 35.1 Å². The van der Waals surface area contributed by atoms with Gasteiger partial charge in [0.1, 0.15) is 16.2 Å². The van der Waals surface area contributed by atoms with Gasteiger partial charge in [0.05, 0.1) is 24.6 Å². The number of methoxy groups -OCH3 is 1. The van der Waals surface area contributed by atoms with Crippen LogP contribution in [0.1, 0.15) is 65.5 Å². The number of nitrogens with one attached hydrogen (secondary N) is 2. The molecule has 2 rings (SSSR count). The van der Waals surface area contributed by atoms with Gasteiger partial charge in [0.25, 0.3) is 0 Å². The summed E-state index contributed by atoms with van der Waals surface area (Å²) in [5.74, 6) is -1.48. The van der Waals surface area contributed by atoms with E-state index in [9.17, 15) is 14.4 Å². The number of benzene rings is 2. The first-order valence-corrected chi connectivity index (χ1v) is 15.0. The molecule has 2 amide bonds. The van der Waals surface area contributed by atoms with E-state index >= 15 is 0 Å².